The minimum Gasteiger partial charge on any atom is -0.489 e. The van der Waals surface area contributed by atoms with Gasteiger partial charge in [-0.05, 0) is 105 Å². The van der Waals surface area contributed by atoms with Crippen LogP contribution in [0, 0.1) is 33.2 Å². The van der Waals surface area contributed by atoms with Gasteiger partial charge in [-0.2, -0.15) is 9.37 Å². The van der Waals surface area contributed by atoms with Crippen molar-refractivity contribution in [3.8, 4) is 17.2 Å². The molecule has 5 heterocycles. The number of piperidine rings is 1. The largest absolute Gasteiger partial charge is 0.489 e. The van der Waals surface area contributed by atoms with E-state index in [1.165, 1.54) is 23.3 Å². The van der Waals surface area contributed by atoms with E-state index in [4.69, 9.17) is 9.47 Å². The number of hydrogen-bond donors (Lipinski definition) is 4. The number of fused-ring (bicyclic) bond motifs is 2. The molecule has 1 spiro atoms. The molecule has 2 atom stereocenters. The molecule has 3 aliphatic heterocycles. The predicted octanol–water partition coefficient (Wildman–Crippen LogP) is 8.55. The van der Waals surface area contributed by atoms with E-state index in [2.05, 4.69) is 63.2 Å². The average Bonchev–Trinajstić information content (AvgIpc) is 3.70. The van der Waals surface area contributed by atoms with Gasteiger partial charge in [-0.3, -0.25) is 24.6 Å². The molecule has 2 amide bonds. The van der Waals surface area contributed by atoms with E-state index in [-0.39, 0.29) is 69.7 Å². The monoisotopic (exact) mass is 1010 g/mol. The number of rotatable bonds is 11. The first-order valence-corrected chi connectivity index (χ1v) is 26.3. The maximum Gasteiger partial charge on any atom is 0.297 e. The number of amides is 2. The summed E-state index contributed by atoms with van der Waals surface area (Å²) in [5.74, 6) is -3.37. The number of pyridine rings is 1. The lowest BCUT2D eigenvalue weighted by molar-refractivity contribution is -0.384. The smallest absolute Gasteiger partial charge is 0.297 e. The Balaban J connectivity index is 0.876. The van der Waals surface area contributed by atoms with E-state index in [1.807, 2.05) is 9.62 Å². The number of halogens is 2. The molecule has 0 radical (unpaired) electrons. The predicted molar refractivity (Wildman–Crippen MR) is 265 cm³/mol. The van der Waals surface area contributed by atoms with Gasteiger partial charge in [-0.25, -0.2) is 17.5 Å². The maximum absolute atomic E-state index is 15.5. The molecule has 4 fully saturated rings. The van der Waals surface area contributed by atoms with Gasteiger partial charge in [0.2, 0.25) is 5.91 Å². The second-order valence-electron chi connectivity index (χ2n) is 21.0. The van der Waals surface area contributed by atoms with Gasteiger partial charge in [0.15, 0.2) is 17.2 Å². The highest BCUT2D eigenvalue weighted by Crippen LogP contribution is 2.54. The molecule has 10 rings (SSSR count). The quantitative estimate of drug-likeness (QED) is 0.0556. The molecule has 17 nitrogen and oxygen atoms in total. The zero-order valence-electron chi connectivity index (χ0n) is 40.8. The topological polar surface area (TPSA) is 213 Å². The summed E-state index contributed by atoms with van der Waals surface area (Å²) in [6, 6.07) is 16.3. The Morgan fingerprint density at radius 1 is 1.00 bits per heavy atom. The summed E-state index contributed by atoms with van der Waals surface area (Å²) in [7, 11) is -4.82. The number of aromatic amines is 1. The number of sulfonamides is 1. The fourth-order valence-corrected chi connectivity index (χ4v) is 12.8. The molecular formula is C52H60F2N8O9S. The second kappa shape index (κ2) is 18.9. The summed E-state index contributed by atoms with van der Waals surface area (Å²) in [6.45, 7) is 11.3. The Hall–Kier alpha value is -6.38. The van der Waals surface area contributed by atoms with Gasteiger partial charge in [0.05, 0.1) is 38.5 Å². The number of piperazine rings is 1. The van der Waals surface area contributed by atoms with Crippen LogP contribution in [0.5, 0.6) is 17.2 Å². The highest BCUT2D eigenvalue weighted by atomic mass is 32.2. The Bertz CT molecular complexity index is 3050. The van der Waals surface area contributed by atoms with E-state index in [0.29, 0.717) is 69.5 Å². The number of ether oxygens (including phenoxy) is 2. The van der Waals surface area contributed by atoms with E-state index in [0.717, 1.165) is 56.6 Å². The minimum absolute atomic E-state index is 0.0125. The number of nitrogens with one attached hydrogen (secondary N) is 3. The number of H-pyrrole nitrogens is 1. The zero-order chi connectivity index (χ0) is 50.9. The lowest BCUT2D eigenvalue weighted by atomic mass is 9.59. The van der Waals surface area contributed by atoms with E-state index in [9.17, 15) is 37.6 Å². The third-order valence-corrected chi connectivity index (χ3v) is 17.3. The number of anilines is 2. The summed E-state index contributed by atoms with van der Waals surface area (Å²) in [6.07, 6.45) is 7.24. The second-order valence-corrected chi connectivity index (χ2v) is 22.7. The van der Waals surface area contributed by atoms with Crippen molar-refractivity contribution < 1.29 is 46.3 Å². The van der Waals surface area contributed by atoms with Crippen molar-refractivity contribution in [3.63, 3.8) is 0 Å². The van der Waals surface area contributed by atoms with Gasteiger partial charge >= 0.3 is 0 Å². The Morgan fingerprint density at radius 2 is 1.74 bits per heavy atom. The Labute approximate surface area is 416 Å². The third kappa shape index (κ3) is 9.55. The Kier molecular flexibility index (Phi) is 12.9. The summed E-state index contributed by atoms with van der Waals surface area (Å²) in [5, 5.41) is 26.0. The molecule has 2 saturated carbocycles. The van der Waals surface area contributed by atoms with Crippen molar-refractivity contribution in [2.24, 2.45) is 11.3 Å². The van der Waals surface area contributed by atoms with Crippen LogP contribution in [0.1, 0.15) is 113 Å². The average molecular weight is 1010 g/mol. The van der Waals surface area contributed by atoms with Crippen molar-refractivity contribution in [1.29, 1.82) is 0 Å². The molecule has 20 heteroatoms. The van der Waals surface area contributed by atoms with E-state index in [1.54, 1.807) is 19.9 Å². The number of hydrogen-bond acceptors (Lipinski definition) is 13. The molecular weight excluding hydrogens is 951 g/mol. The minimum atomic E-state index is -4.82. The van der Waals surface area contributed by atoms with Crippen LogP contribution >= 0.6 is 0 Å². The van der Waals surface area contributed by atoms with Crippen LogP contribution in [0.3, 0.4) is 0 Å². The van der Waals surface area contributed by atoms with Crippen LogP contribution in [-0.4, -0.2) is 107 Å². The molecule has 3 aromatic carbocycles. The third-order valence-electron chi connectivity index (χ3n) is 16.0. The van der Waals surface area contributed by atoms with E-state index >= 15 is 4.39 Å². The van der Waals surface area contributed by atoms with Crippen molar-refractivity contribution in [1.82, 2.24) is 24.5 Å². The molecule has 5 aliphatic rings. The summed E-state index contributed by atoms with van der Waals surface area (Å²) in [5.41, 5.74) is 1.56. The molecule has 72 heavy (non-hydrogen) atoms. The maximum atomic E-state index is 15.5. The van der Waals surface area contributed by atoms with Gasteiger partial charge < -0.3 is 34.7 Å². The molecule has 2 aliphatic carbocycles. The van der Waals surface area contributed by atoms with Crippen LogP contribution in [-0.2, 0) is 14.8 Å². The first kappa shape index (κ1) is 49.2. The first-order valence-electron chi connectivity index (χ1n) is 24.8. The summed E-state index contributed by atoms with van der Waals surface area (Å²) < 4.78 is 72.2. The van der Waals surface area contributed by atoms with Gasteiger partial charge in [0.25, 0.3) is 27.6 Å². The number of carbonyl (C=O) groups is 2. The van der Waals surface area contributed by atoms with Crippen LogP contribution < -0.4 is 24.4 Å². The summed E-state index contributed by atoms with van der Waals surface area (Å²) in [4.78, 5) is 50.9. The number of nitro benzene ring substituents is 1. The van der Waals surface area contributed by atoms with Crippen LogP contribution in [0.2, 0.25) is 0 Å². The molecule has 382 valence electrons. The number of benzene rings is 3. The van der Waals surface area contributed by atoms with Crippen LogP contribution in [0.25, 0.3) is 11.0 Å². The Morgan fingerprint density at radius 3 is 2.44 bits per heavy atom. The van der Waals surface area contributed by atoms with Gasteiger partial charge in [-0.15, -0.1) is 0 Å². The van der Waals surface area contributed by atoms with Crippen molar-refractivity contribution in [3.05, 3.63) is 105 Å². The lowest BCUT2D eigenvalue weighted by Crippen LogP contribution is -2.60. The summed E-state index contributed by atoms with van der Waals surface area (Å²) >= 11 is 0. The molecule has 2 saturated heterocycles. The highest BCUT2D eigenvalue weighted by molar-refractivity contribution is 7.90. The molecule has 0 bridgehead atoms. The van der Waals surface area contributed by atoms with Gasteiger partial charge in [0, 0.05) is 75.8 Å². The van der Waals surface area contributed by atoms with Crippen LogP contribution in [0.4, 0.5) is 25.8 Å². The van der Waals surface area contributed by atoms with Crippen LogP contribution in [0.15, 0.2) is 71.8 Å². The van der Waals surface area contributed by atoms with Gasteiger partial charge in [0.1, 0.15) is 23.8 Å². The first-order chi connectivity index (χ1) is 34.3. The standard InChI is InChI=1S/C52H60F2N8O9S/c1-30(2)36-7-5-6-8-37(36)43-28-60(31(3)63)19-20-61(43)34-25-52(26-34)15-17-59(18-16-52)33-9-10-38(44(21-33)71-46-24-39-40(53)27-55-49(39)57-48(46)54)50(64)58-72(68,69)35-22-42(62(66)67)47-45(23-35)70-29-41(56-47)32-11-13-51(4,65)14-12-32/h5-10,21-24,27,30,32,34,41,43,56,65H,11-20,25-26,28-29H2,1-4H3,(H,55,57)(H,58,64)/t32-,41-,43+,51-/m1/s1. The van der Waals surface area contributed by atoms with Gasteiger partial charge in [-0.1, -0.05) is 38.1 Å². The van der Waals surface area contributed by atoms with E-state index < -0.39 is 54.6 Å². The van der Waals surface area contributed by atoms with Crippen molar-refractivity contribution >= 4 is 49.9 Å². The number of nitro groups is 1. The molecule has 4 N–H and O–H groups in total. The van der Waals surface area contributed by atoms with Crippen molar-refractivity contribution in [2.75, 3.05) is 49.5 Å². The number of nitrogens with zero attached hydrogens (tertiary/aromatic N) is 5. The zero-order valence-corrected chi connectivity index (χ0v) is 41.6. The SMILES string of the molecule is CC(=O)N1CCN(C2CC3(CCN(c4ccc(C(=O)NS(=O)(=O)c5cc6c(c([N+](=O)[O-])c5)N[C@@H]([C@H]5CC[C@](C)(O)CC5)CO6)c(Oc5cc6c(F)c[nH]c6nc5F)c4)CC3)C2)[C@H](c2ccccc2C(C)C)C1. The lowest BCUT2D eigenvalue weighted by Gasteiger charge is -2.58. The number of aromatic nitrogens is 2. The molecule has 5 aromatic rings. The fourth-order valence-electron chi connectivity index (χ4n) is 11.8. The molecule has 2 aromatic heterocycles. The number of carbonyl (C=O) groups excluding carboxylic acids is 2. The molecule has 0 unspecified atom stereocenters. The highest BCUT2D eigenvalue weighted by Gasteiger charge is 2.50. The van der Waals surface area contributed by atoms with Crippen molar-refractivity contribution in [2.45, 2.75) is 114 Å². The normalized spacial score (nSPS) is 23.5. The fraction of sp³-hybridized carbons (Fsp3) is 0.481. The number of aliphatic hydroxyl groups is 1.